The van der Waals surface area contributed by atoms with Gasteiger partial charge in [-0.3, -0.25) is 0 Å². The second-order valence-electron chi connectivity index (χ2n) is 9.98. The van der Waals surface area contributed by atoms with Crippen molar-refractivity contribution in [2.45, 2.75) is 19.3 Å². The number of fused-ring (bicyclic) bond motifs is 7. The molecule has 0 bridgehead atoms. The maximum Gasteiger partial charge on any atom is 0.141 e. The molecule has 7 rings (SSSR count). The normalized spacial score (nSPS) is 13.5. The fourth-order valence-electron chi connectivity index (χ4n) is 6.07. The minimum atomic E-state index is -0.0934. The minimum absolute atomic E-state index is 0.0934. The first-order valence-electron chi connectivity index (χ1n) is 12.2. The van der Waals surface area contributed by atoms with E-state index in [0.717, 1.165) is 16.9 Å². The zero-order valence-electron chi connectivity index (χ0n) is 20.2. The summed E-state index contributed by atoms with van der Waals surface area (Å²) in [4.78, 5) is 4.53. The average Bonchev–Trinajstić information content (AvgIpc) is 3.38. The van der Waals surface area contributed by atoms with Gasteiger partial charge >= 0.3 is 0 Å². The summed E-state index contributed by atoms with van der Waals surface area (Å²) in [5, 5.41) is 11.9. The fourth-order valence-corrected chi connectivity index (χ4v) is 6.07. The first-order chi connectivity index (χ1) is 17.6. The molecule has 0 saturated carbocycles. The Morgan fingerprint density at radius 3 is 2.44 bits per heavy atom. The lowest BCUT2D eigenvalue weighted by Crippen LogP contribution is -2.15. The number of benzene rings is 4. The van der Waals surface area contributed by atoms with Crippen molar-refractivity contribution in [2.75, 3.05) is 0 Å². The molecule has 0 spiro atoms. The van der Waals surface area contributed by atoms with Crippen LogP contribution in [0.4, 0.5) is 0 Å². The number of rotatable bonds is 2. The SMILES string of the molecule is CC1(C)c2ccccc2-c2ccc3c(c21)c1ccccc1n3-c1cccc(-c2cccc(C#N)n2)c1. The van der Waals surface area contributed by atoms with Crippen LogP contribution >= 0.6 is 0 Å². The van der Waals surface area contributed by atoms with E-state index in [4.69, 9.17) is 0 Å². The molecule has 1 aliphatic carbocycles. The van der Waals surface area contributed by atoms with E-state index in [1.807, 2.05) is 12.1 Å². The molecule has 0 saturated heterocycles. The zero-order valence-corrected chi connectivity index (χ0v) is 20.2. The van der Waals surface area contributed by atoms with Gasteiger partial charge in [0.1, 0.15) is 11.8 Å². The van der Waals surface area contributed by atoms with Crippen LogP contribution in [0.25, 0.3) is 49.9 Å². The van der Waals surface area contributed by atoms with Crippen molar-refractivity contribution in [3.05, 3.63) is 120 Å². The van der Waals surface area contributed by atoms with E-state index in [-0.39, 0.29) is 5.41 Å². The Morgan fingerprint density at radius 1 is 0.750 bits per heavy atom. The van der Waals surface area contributed by atoms with Gasteiger partial charge in [-0.1, -0.05) is 80.6 Å². The Kier molecular flexibility index (Phi) is 4.25. The highest BCUT2D eigenvalue weighted by molar-refractivity contribution is 6.14. The maximum absolute atomic E-state index is 9.32. The van der Waals surface area contributed by atoms with Gasteiger partial charge < -0.3 is 4.57 Å². The molecule has 3 heteroatoms. The summed E-state index contributed by atoms with van der Waals surface area (Å²) >= 11 is 0. The number of aromatic nitrogens is 2. The molecule has 0 N–H and O–H groups in total. The van der Waals surface area contributed by atoms with Gasteiger partial charge in [-0.2, -0.15) is 5.26 Å². The second kappa shape index (κ2) is 7.41. The van der Waals surface area contributed by atoms with E-state index in [9.17, 15) is 5.26 Å². The van der Waals surface area contributed by atoms with Gasteiger partial charge in [-0.15, -0.1) is 0 Å². The zero-order chi connectivity index (χ0) is 24.4. The van der Waals surface area contributed by atoms with Crippen molar-refractivity contribution in [2.24, 2.45) is 0 Å². The third-order valence-electron chi connectivity index (χ3n) is 7.62. The van der Waals surface area contributed by atoms with Crippen molar-refractivity contribution >= 4 is 21.8 Å². The Hall–Kier alpha value is -4.68. The smallest absolute Gasteiger partial charge is 0.141 e. The topological polar surface area (TPSA) is 41.6 Å². The minimum Gasteiger partial charge on any atom is -0.309 e. The van der Waals surface area contributed by atoms with Crippen molar-refractivity contribution in [1.82, 2.24) is 9.55 Å². The summed E-state index contributed by atoms with van der Waals surface area (Å²) in [6, 6.07) is 38.2. The van der Waals surface area contributed by atoms with Gasteiger partial charge in [0, 0.05) is 27.4 Å². The van der Waals surface area contributed by atoms with Gasteiger partial charge in [-0.25, -0.2) is 4.98 Å². The van der Waals surface area contributed by atoms with Crippen LogP contribution in [0.1, 0.15) is 30.7 Å². The Balaban J connectivity index is 1.54. The molecule has 0 fully saturated rings. The number of pyridine rings is 1. The van der Waals surface area contributed by atoms with Crippen LogP contribution in [0, 0.1) is 11.3 Å². The highest BCUT2D eigenvalue weighted by Crippen LogP contribution is 2.53. The quantitative estimate of drug-likeness (QED) is 0.262. The van der Waals surface area contributed by atoms with E-state index in [0.29, 0.717) is 5.69 Å². The first kappa shape index (κ1) is 20.7. The van der Waals surface area contributed by atoms with Crippen LogP contribution in [0.5, 0.6) is 0 Å². The van der Waals surface area contributed by atoms with E-state index in [2.05, 4.69) is 114 Å². The summed E-state index contributed by atoms with van der Waals surface area (Å²) in [5.41, 5.74) is 11.0. The Morgan fingerprint density at radius 2 is 1.56 bits per heavy atom. The van der Waals surface area contributed by atoms with Gasteiger partial charge in [0.15, 0.2) is 0 Å². The number of nitrogens with zero attached hydrogens (tertiary/aromatic N) is 3. The predicted molar refractivity (Wildman–Crippen MR) is 146 cm³/mol. The third kappa shape index (κ3) is 2.76. The third-order valence-corrected chi connectivity index (χ3v) is 7.62. The monoisotopic (exact) mass is 461 g/mol. The second-order valence-corrected chi connectivity index (χ2v) is 9.98. The highest BCUT2D eigenvalue weighted by atomic mass is 15.0. The van der Waals surface area contributed by atoms with Gasteiger partial charge in [0.2, 0.25) is 0 Å². The summed E-state index contributed by atoms with van der Waals surface area (Å²) in [7, 11) is 0. The van der Waals surface area contributed by atoms with E-state index >= 15 is 0 Å². The van der Waals surface area contributed by atoms with Gasteiger partial charge in [0.25, 0.3) is 0 Å². The first-order valence-corrected chi connectivity index (χ1v) is 12.2. The number of hydrogen-bond donors (Lipinski definition) is 0. The van der Waals surface area contributed by atoms with E-state index in [1.54, 1.807) is 6.07 Å². The molecule has 4 aromatic carbocycles. The van der Waals surface area contributed by atoms with E-state index < -0.39 is 0 Å². The lowest BCUT2D eigenvalue weighted by molar-refractivity contribution is 0.666. The van der Waals surface area contributed by atoms with Gasteiger partial charge in [-0.05, 0) is 58.7 Å². The molecular weight excluding hydrogens is 438 g/mol. The predicted octanol–water partition coefficient (Wildman–Crippen LogP) is 8.02. The molecule has 6 aromatic rings. The van der Waals surface area contributed by atoms with Crippen LogP contribution in [-0.4, -0.2) is 9.55 Å². The maximum atomic E-state index is 9.32. The lowest BCUT2D eigenvalue weighted by Gasteiger charge is -2.22. The Labute approximate surface area is 209 Å². The Bertz CT molecular complexity index is 1880. The van der Waals surface area contributed by atoms with Crippen LogP contribution in [-0.2, 0) is 5.41 Å². The molecule has 0 amide bonds. The molecule has 0 atom stereocenters. The van der Waals surface area contributed by atoms with Crippen LogP contribution < -0.4 is 0 Å². The largest absolute Gasteiger partial charge is 0.309 e. The van der Waals surface area contributed by atoms with Crippen LogP contribution in [0.15, 0.2) is 103 Å². The molecule has 1 aliphatic rings. The van der Waals surface area contributed by atoms with Crippen molar-refractivity contribution in [3.63, 3.8) is 0 Å². The summed E-state index contributed by atoms with van der Waals surface area (Å²) in [5.74, 6) is 0. The molecule has 2 heterocycles. The standard InChI is InChI=1S/C33H23N3/c1-33(2)27-14-5-3-12-24(27)25-17-18-30-31(32(25)33)26-13-4-6-16-29(26)36(30)23-11-7-9-21(19-23)28-15-8-10-22(20-34)35-28/h3-19H,1-2H3. The number of nitriles is 1. The molecule has 2 aromatic heterocycles. The van der Waals surface area contributed by atoms with Crippen molar-refractivity contribution in [3.8, 4) is 34.1 Å². The molecule has 0 radical (unpaired) electrons. The molecule has 36 heavy (non-hydrogen) atoms. The van der Waals surface area contributed by atoms with Crippen LogP contribution in [0.2, 0.25) is 0 Å². The van der Waals surface area contributed by atoms with Crippen molar-refractivity contribution < 1.29 is 0 Å². The average molecular weight is 462 g/mol. The molecular formula is C33H23N3. The number of para-hydroxylation sites is 1. The summed E-state index contributed by atoms with van der Waals surface area (Å²) < 4.78 is 2.36. The van der Waals surface area contributed by atoms with Crippen molar-refractivity contribution in [1.29, 1.82) is 5.26 Å². The summed E-state index contributed by atoms with van der Waals surface area (Å²) in [6.07, 6.45) is 0. The molecule has 170 valence electrons. The lowest BCUT2D eigenvalue weighted by atomic mass is 9.80. The summed E-state index contributed by atoms with van der Waals surface area (Å²) in [6.45, 7) is 4.69. The fraction of sp³-hybridized carbons (Fsp3) is 0.0909. The molecule has 3 nitrogen and oxygen atoms in total. The van der Waals surface area contributed by atoms with Crippen LogP contribution in [0.3, 0.4) is 0 Å². The molecule has 0 aliphatic heterocycles. The van der Waals surface area contributed by atoms with Gasteiger partial charge in [0.05, 0.1) is 16.7 Å². The van der Waals surface area contributed by atoms with E-state index in [1.165, 1.54) is 44.1 Å². The number of hydrogen-bond acceptors (Lipinski definition) is 2. The highest BCUT2D eigenvalue weighted by Gasteiger charge is 2.37. The molecule has 0 unspecified atom stereocenters.